The molecule has 7 nitrogen and oxygen atoms in total. The normalized spacial score (nSPS) is 10.2. The maximum atomic E-state index is 12.2. The molecule has 2 N–H and O–H groups in total. The molecule has 0 aliphatic heterocycles. The third-order valence-electron chi connectivity index (χ3n) is 3.77. The fourth-order valence-electron chi connectivity index (χ4n) is 2.39. The van der Waals surface area contributed by atoms with E-state index >= 15 is 0 Å². The van der Waals surface area contributed by atoms with Crippen molar-refractivity contribution < 1.29 is 19.2 Å². The van der Waals surface area contributed by atoms with Crippen molar-refractivity contribution in [3.63, 3.8) is 0 Å². The van der Waals surface area contributed by atoms with E-state index in [1.54, 1.807) is 18.2 Å². The lowest BCUT2D eigenvalue weighted by molar-refractivity contribution is -0.383. The highest BCUT2D eigenvalue weighted by atomic mass is 16.6. The van der Waals surface area contributed by atoms with Crippen LogP contribution in [0.2, 0.25) is 0 Å². The van der Waals surface area contributed by atoms with Gasteiger partial charge in [0.05, 0.1) is 10.5 Å². The van der Waals surface area contributed by atoms with Gasteiger partial charge in [-0.1, -0.05) is 36.4 Å². The average Bonchev–Trinajstić information content (AvgIpc) is 2.68. The van der Waals surface area contributed by atoms with Gasteiger partial charge in [-0.15, -0.1) is 0 Å². The van der Waals surface area contributed by atoms with Crippen molar-refractivity contribution in [3.8, 4) is 11.5 Å². The van der Waals surface area contributed by atoms with Gasteiger partial charge in [-0.25, -0.2) is 4.79 Å². The molecule has 3 rings (SSSR count). The van der Waals surface area contributed by atoms with Crippen LogP contribution in [-0.4, -0.2) is 10.9 Å². The Labute approximate surface area is 155 Å². The second kappa shape index (κ2) is 8.01. The summed E-state index contributed by atoms with van der Waals surface area (Å²) in [6.45, 7) is -0.0417. The number of nitrogen functional groups attached to an aromatic ring is 1. The number of nitrogens with two attached hydrogens (primary N) is 1. The lowest BCUT2D eigenvalue weighted by Gasteiger charge is -2.11. The van der Waals surface area contributed by atoms with E-state index in [0.29, 0.717) is 17.1 Å². The summed E-state index contributed by atoms with van der Waals surface area (Å²) in [6, 6.07) is 20.2. The lowest BCUT2D eigenvalue weighted by atomic mass is 10.1. The van der Waals surface area contributed by atoms with Gasteiger partial charge in [-0.3, -0.25) is 10.1 Å². The molecule has 0 aliphatic carbocycles. The highest BCUT2D eigenvalue weighted by Crippen LogP contribution is 2.26. The van der Waals surface area contributed by atoms with Gasteiger partial charge in [0, 0.05) is 11.6 Å². The monoisotopic (exact) mass is 364 g/mol. The maximum absolute atomic E-state index is 12.2. The van der Waals surface area contributed by atoms with Crippen LogP contribution in [0.3, 0.4) is 0 Å². The number of hydrogen-bond acceptors (Lipinski definition) is 6. The molecule has 0 fully saturated rings. The molecule has 0 saturated carbocycles. The van der Waals surface area contributed by atoms with Gasteiger partial charge in [0.15, 0.2) is 0 Å². The zero-order valence-electron chi connectivity index (χ0n) is 14.2. The molecular formula is C20H16N2O5. The van der Waals surface area contributed by atoms with E-state index in [2.05, 4.69) is 0 Å². The molecule has 0 heterocycles. The number of carbonyl (C=O) groups excluding carboxylic acids is 1. The third-order valence-corrected chi connectivity index (χ3v) is 3.77. The number of carbonyl (C=O) groups is 1. The first-order chi connectivity index (χ1) is 13.0. The number of hydrogen-bond donors (Lipinski definition) is 1. The minimum absolute atomic E-state index is 0.0156. The highest BCUT2D eigenvalue weighted by Gasteiger charge is 2.17. The zero-order chi connectivity index (χ0) is 19.2. The van der Waals surface area contributed by atoms with Crippen LogP contribution in [-0.2, 0) is 11.3 Å². The Hall–Kier alpha value is -3.87. The van der Waals surface area contributed by atoms with E-state index in [9.17, 15) is 14.9 Å². The van der Waals surface area contributed by atoms with Crippen LogP contribution >= 0.6 is 0 Å². The second-order valence-electron chi connectivity index (χ2n) is 5.63. The van der Waals surface area contributed by atoms with Crippen molar-refractivity contribution in [2.75, 3.05) is 5.73 Å². The van der Waals surface area contributed by atoms with E-state index in [1.807, 2.05) is 36.4 Å². The Balaban J connectivity index is 1.73. The number of para-hydroxylation sites is 2. The zero-order valence-corrected chi connectivity index (χ0v) is 14.2. The molecule has 0 amide bonds. The minimum atomic E-state index is -0.687. The van der Waals surface area contributed by atoms with Crippen molar-refractivity contribution in [1.29, 1.82) is 0 Å². The van der Waals surface area contributed by atoms with Crippen molar-refractivity contribution in [2.24, 2.45) is 0 Å². The van der Waals surface area contributed by atoms with Crippen LogP contribution in [0.15, 0.2) is 72.8 Å². The van der Waals surface area contributed by atoms with Gasteiger partial charge in [0.1, 0.15) is 23.8 Å². The van der Waals surface area contributed by atoms with Gasteiger partial charge >= 0.3 is 5.97 Å². The summed E-state index contributed by atoms with van der Waals surface area (Å²) >= 11 is 0. The van der Waals surface area contributed by atoms with Crippen LogP contribution in [0.1, 0.15) is 15.9 Å². The predicted molar refractivity (Wildman–Crippen MR) is 99.6 cm³/mol. The number of anilines is 1. The molecule has 0 spiro atoms. The van der Waals surface area contributed by atoms with Crippen LogP contribution < -0.4 is 10.5 Å². The Morgan fingerprint density at radius 2 is 1.70 bits per heavy atom. The standard InChI is InChI=1S/C20H16N2O5/c21-17-11-10-14(12-18(17)22(24)25)20(23)26-13-15-6-4-5-9-19(15)27-16-7-2-1-3-8-16/h1-12H,13,21H2. The maximum Gasteiger partial charge on any atom is 0.338 e. The molecular weight excluding hydrogens is 348 g/mol. The Kier molecular flexibility index (Phi) is 5.32. The summed E-state index contributed by atoms with van der Waals surface area (Å²) in [5.41, 5.74) is 5.91. The first-order valence-corrected chi connectivity index (χ1v) is 8.06. The molecule has 0 bridgehead atoms. The number of benzene rings is 3. The first kappa shape index (κ1) is 17.9. The average molecular weight is 364 g/mol. The molecule has 3 aromatic rings. The molecule has 3 aromatic carbocycles. The molecule has 0 saturated heterocycles. The molecule has 27 heavy (non-hydrogen) atoms. The number of nitro groups is 1. The molecule has 0 atom stereocenters. The summed E-state index contributed by atoms with van der Waals surface area (Å²) in [5, 5.41) is 11.0. The first-order valence-electron chi connectivity index (χ1n) is 8.06. The summed E-state index contributed by atoms with van der Waals surface area (Å²) in [5.74, 6) is 0.526. The fourth-order valence-corrected chi connectivity index (χ4v) is 2.39. The molecule has 0 aliphatic rings. The predicted octanol–water partition coefficient (Wildman–Crippen LogP) is 4.33. The number of rotatable bonds is 6. The van der Waals surface area contributed by atoms with Crippen molar-refractivity contribution >= 4 is 17.3 Å². The van der Waals surface area contributed by atoms with Gasteiger partial charge in [-0.05, 0) is 30.3 Å². The van der Waals surface area contributed by atoms with Crippen LogP contribution in [0.25, 0.3) is 0 Å². The minimum Gasteiger partial charge on any atom is -0.457 e. The van der Waals surface area contributed by atoms with Gasteiger partial charge in [0.2, 0.25) is 0 Å². The van der Waals surface area contributed by atoms with Crippen LogP contribution in [0.4, 0.5) is 11.4 Å². The molecule has 0 aromatic heterocycles. The topological polar surface area (TPSA) is 105 Å². The molecule has 7 heteroatoms. The third kappa shape index (κ3) is 4.40. The van der Waals surface area contributed by atoms with E-state index in [-0.39, 0.29) is 23.5 Å². The largest absolute Gasteiger partial charge is 0.457 e. The van der Waals surface area contributed by atoms with E-state index in [0.717, 1.165) is 6.07 Å². The van der Waals surface area contributed by atoms with Crippen molar-refractivity contribution in [2.45, 2.75) is 6.61 Å². The SMILES string of the molecule is Nc1ccc(C(=O)OCc2ccccc2Oc2ccccc2)cc1[N+](=O)[O-]. The highest BCUT2D eigenvalue weighted by molar-refractivity contribution is 5.91. The van der Waals surface area contributed by atoms with Crippen LogP contribution in [0.5, 0.6) is 11.5 Å². The van der Waals surface area contributed by atoms with Crippen LogP contribution in [0, 0.1) is 10.1 Å². The van der Waals surface area contributed by atoms with E-state index in [4.69, 9.17) is 15.2 Å². The smallest absolute Gasteiger partial charge is 0.338 e. The summed E-state index contributed by atoms with van der Waals surface area (Å²) in [4.78, 5) is 22.6. The van der Waals surface area contributed by atoms with Gasteiger partial charge in [0.25, 0.3) is 5.69 Å². The number of ether oxygens (including phenoxy) is 2. The Morgan fingerprint density at radius 3 is 2.44 bits per heavy atom. The number of esters is 1. The lowest BCUT2D eigenvalue weighted by Crippen LogP contribution is -2.07. The molecule has 0 radical (unpaired) electrons. The number of nitro benzene ring substituents is 1. The van der Waals surface area contributed by atoms with E-state index < -0.39 is 10.9 Å². The summed E-state index contributed by atoms with van der Waals surface area (Å²) < 4.78 is 11.1. The Bertz CT molecular complexity index is 973. The molecule has 136 valence electrons. The summed E-state index contributed by atoms with van der Waals surface area (Å²) in [6.07, 6.45) is 0. The number of nitrogens with zero attached hydrogens (tertiary/aromatic N) is 1. The molecule has 0 unspecified atom stereocenters. The van der Waals surface area contributed by atoms with Crippen molar-refractivity contribution in [1.82, 2.24) is 0 Å². The van der Waals surface area contributed by atoms with Crippen molar-refractivity contribution in [3.05, 3.63) is 94.0 Å². The Morgan fingerprint density at radius 1 is 1.00 bits per heavy atom. The van der Waals surface area contributed by atoms with Gasteiger partial charge < -0.3 is 15.2 Å². The second-order valence-corrected chi connectivity index (χ2v) is 5.63. The summed E-state index contributed by atoms with van der Waals surface area (Å²) in [7, 11) is 0. The van der Waals surface area contributed by atoms with Gasteiger partial charge in [-0.2, -0.15) is 0 Å². The fraction of sp³-hybridized carbons (Fsp3) is 0.0500. The van der Waals surface area contributed by atoms with E-state index in [1.165, 1.54) is 12.1 Å². The quantitative estimate of drug-likeness (QED) is 0.302.